The maximum absolute atomic E-state index is 9.53. The molecule has 0 spiro atoms. The third-order valence-electron chi connectivity index (χ3n) is 4.02. The van der Waals surface area contributed by atoms with Gasteiger partial charge in [-0.1, -0.05) is 25.7 Å². The normalized spacial score (nSPS) is 21.1. The maximum atomic E-state index is 9.53. The van der Waals surface area contributed by atoms with Crippen molar-refractivity contribution < 1.29 is 5.11 Å². The van der Waals surface area contributed by atoms with Gasteiger partial charge in [-0.25, -0.2) is 0 Å². The average molecular weight is 319 g/mol. The fourth-order valence-corrected chi connectivity index (χ4v) is 10.3. The van der Waals surface area contributed by atoms with Crippen LogP contribution in [0.25, 0.3) is 0 Å². The number of allylic oxidation sites excluding steroid dienone is 1. The largest absolute Gasteiger partial charge is 0.396 e. The Hall–Kier alpha value is 0.617. The lowest BCUT2D eigenvalue weighted by Crippen LogP contribution is -2.49. The summed E-state index contributed by atoms with van der Waals surface area (Å²) >= 11 is 4.43. The molecule has 1 atom stereocenters. The summed E-state index contributed by atoms with van der Waals surface area (Å²) in [7, 11) is -1.19. The number of thioether (sulfide) groups is 2. The lowest BCUT2D eigenvalue weighted by atomic mass is 9.99. The fourth-order valence-electron chi connectivity index (χ4n) is 2.60. The zero-order valence-electron chi connectivity index (χ0n) is 12.8. The van der Waals surface area contributed by atoms with Gasteiger partial charge in [0.2, 0.25) is 0 Å². The highest BCUT2D eigenvalue weighted by Crippen LogP contribution is 2.51. The Balaban J connectivity index is 2.60. The van der Waals surface area contributed by atoms with Crippen molar-refractivity contribution in [3.63, 3.8) is 0 Å². The lowest BCUT2D eigenvalue weighted by molar-refractivity contribution is 0.209. The molecule has 0 aromatic carbocycles. The van der Waals surface area contributed by atoms with Crippen molar-refractivity contribution in [2.24, 2.45) is 5.92 Å². The second-order valence-corrected chi connectivity index (χ2v) is 15.6. The summed E-state index contributed by atoms with van der Waals surface area (Å²) in [6.45, 7) is 11.7. The first-order valence-electron chi connectivity index (χ1n) is 7.45. The molecule has 0 aromatic rings. The van der Waals surface area contributed by atoms with Crippen molar-refractivity contribution in [3.8, 4) is 0 Å². The van der Waals surface area contributed by atoms with E-state index in [0.29, 0.717) is 16.2 Å². The standard InChI is InChI=1S/C15H30OS2Si/c1-5-6-8-14(13-16)9-10-15(19(2,3)4)17-11-7-12-18-15/h5,14,16H,1,6-13H2,2-4H3. The predicted octanol–water partition coefficient (Wildman–Crippen LogP) is 4.79. The average Bonchev–Trinajstić information content (AvgIpc) is 2.39. The molecule has 19 heavy (non-hydrogen) atoms. The quantitative estimate of drug-likeness (QED) is 0.513. The van der Waals surface area contributed by atoms with Gasteiger partial charge >= 0.3 is 0 Å². The first-order valence-corrected chi connectivity index (χ1v) is 12.9. The number of hydrogen-bond donors (Lipinski definition) is 1. The van der Waals surface area contributed by atoms with Gasteiger partial charge in [-0.05, 0) is 49.5 Å². The van der Waals surface area contributed by atoms with E-state index in [2.05, 4.69) is 49.7 Å². The van der Waals surface area contributed by atoms with Crippen LogP contribution in [0.4, 0.5) is 0 Å². The maximum Gasteiger partial charge on any atom is 0.0752 e. The Kier molecular flexibility index (Phi) is 7.58. The van der Waals surface area contributed by atoms with Gasteiger partial charge in [-0.2, -0.15) is 0 Å². The summed E-state index contributed by atoms with van der Waals surface area (Å²) in [6.07, 6.45) is 7.92. The van der Waals surface area contributed by atoms with Gasteiger partial charge in [0.25, 0.3) is 0 Å². The SMILES string of the molecule is C=CCCC(CO)CCC1([Si](C)(C)C)SCCCS1. The summed E-state index contributed by atoms with van der Waals surface area (Å²) in [5.41, 5.74) is 0. The minimum absolute atomic E-state index is 0.338. The van der Waals surface area contributed by atoms with Crippen LogP contribution in [0.15, 0.2) is 12.7 Å². The molecule has 112 valence electrons. The molecule has 0 aromatic heterocycles. The first kappa shape index (κ1) is 17.7. The topological polar surface area (TPSA) is 20.2 Å². The van der Waals surface area contributed by atoms with Crippen molar-refractivity contribution >= 4 is 31.6 Å². The van der Waals surface area contributed by atoms with E-state index < -0.39 is 8.07 Å². The van der Waals surface area contributed by atoms with Crippen LogP contribution in [0.1, 0.15) is 32.1 Å². The molecule has 1 aliphatic heterocycles. The molecule has 0 radical (unpaired) electrons. The molecule has 1 fully saturated rings. The molecule has 1 aliphatic rings. The highest BCUT2D eigenvalue weighted by atomic mass is 32.2. The second-order valence-electron chi connectivity index (χ2n) is 6.51. The molecule has 0 bridgehead atoms. The van der Waals surface area contributed by atoms with E-state index >= 15 is 0 Å². The minimum atomic E-state index is -1.19. The van der Waals surface area contributed by atoms with Crippen molar-refractivity contribution in [2.75, 3.05) is 18.1 Å². The zero-order valence-corrected chi connectivity index (χ0v) is 15.4. The smallest absolute Gasteiger partial charge is 0.0752 e. The Morgan fingerprint density at radius 2 is 1.89 bits per heavy atom. The third kappa shape index (κ3) is 5.14. The molecule has 4 heteroatoms. The Labute approximate surface area is 129 Å². The van der Waals surface area contributed by atoms with Gasteiger partial charge in [0.05, 0.1) is 11.8 Å². The molecule has 1 heterocycles. The summed E-state index contributed by atoms with van der Waals surface area (Å²) in [6, 6.07) is 0. The van der Waals surface area contributed by atoms with E-state index in [1.54, 1.807) is 0 Å². The first-order chi connectivity index (χ1) is 8.95. The number of aliphatic hydroxyl groups is 1. The van der Waals surface area contributed by atoms with Gasteiger partial charge in [0, 0.05) is 6.61 Å². The van der Waals surface area contributed by atoms with Crippen molar-refractivity contribution in [1.29, 1.82) is 0 Å². The molecule has 1 rings (SSSR count). The Morgan fingerprint density at radius 1 is 1.26 bits per heavy atom. The summed E-state index contributed by atoms with van der Waals surface area (Å²) < 4.78 is 0.479. The Bertz CT molecular complexity index is 270. The lowest BCUT2D eigenvalue weighted by Gasteiger charge is -2.46. The molecule has 0 aliphatic carbocycles. The van der Waals surface area contributed by atoms with Gasteiger partial charge < -0.3 is 5.11 Å². The van der Waals surface area contributed by atoms with Crippen LogP contribution in [-0.4, -0.2) is 35.0 Å². The highest BCUT2D eigenvalue weighted by molar-refractivity contribution is 8.21. The van der Waals surface area contributed by atoms with E-state index in [-0.39, 0.29) is 0 Å². The van der Waals surface area contributed by atoms with Crippen LogP contribution in [-0.2, 0) is 0 Å². The number of rotatable bonds is 8. The molecular weight excluding hydrogens is 288 g/mol. The number of hydrogen-bond acceptors (Lipinski definition) is 3. The van der Waals surface area contributed by atoms with Crippen molar-refractivity contribution in [1.82, 2.24) is 0 Å². The van der Waals surface area contributed by atoms with Gasteiger partial charge in [0.1, 0.15) is 0 Å². The number of aliphatic hydroxyl groups excluding tert-OH is 1. The van der Waals surface area contributed by atoms with Crippen molar-refractivity contribution in [2.45, 2.75) is 55.4 Å². The van der Waals surface area contributed by atoms with E-state index in [0.717, 1.165) is 12.8 Å². The van der Waals surface area contributed by atoms with E-state index in [1.807, 2.05) is 6.08 Å². The van der Waals surface area contributed by atoms with Crippen LogP contribution in [0, 0.1) is 5.92 Å². The van der Waals surface area contributed by atoms with Crippen molar-refractivity contribution in [3.05, 3.63) is 12.7 Å². The van der Waals surface area contributed by atoms with E-state index in [1.165, 1.54) is 30.8 Å². The molecular formula is C15H30OS2Si. The predicted molar refractivity (Wildman–Crippen MR) is 94.9 cm³/mol. The summed E-state index contributed by atoms with van der Waals surface area (Å²) in [5, 5.41) is 9.53. The molecule has 0 saturated carbocycles. The summed E-state index contributed by atoms with van der Waals surface area (Å²) in [5.74, 6) is 3.12. The van der Waals surface area contributed by atoms with Crippen LogP contribution in [0.3, 0.4) is 0 Å². The third-order valence-corrected chi connectivity index (χ3v) is 14.1. The second kappa shape index (κ2) is 8.16. The van der Waals surface area contributed by atoms with Gasteiger partial charge in [-0.3, -0.25) is 0 Å². The van der Waals surface area contributed by atoms with Crippen LogP contribution in [0.5, 0.6) is 0 Å². The molecule has 1 nitrogen and oxygen atoms in total. The minimum Gasteiger partial charge on any atom is -0.396 e. The molecule has 1 unspecified atom stereocenters. The van der Waals surface area contributed by atoms with Crippen LogP contribution >= 0.6 is 23.5 Å². The highest BCUT2D eigenvalue weighted by Gasteiger charge is 2.45. The zero-order chi connectivity index (χ0) is 14.4. The van der Waals surface area contributed by atoms with Gasteiger partial charge in [-0.15, -0.1) is 30.1 Å². The summed E-state index contributed by atoms with van der Waals surface area (Å²) in [4.78, 5) is 0. The molecule has 1 saturated heterocycles. The Morgan fingerprint density at radius 3 is 2.37 bits per heavy atom. The van der Waals surface area contributed by atoms with E-state index in [4.69, 9.17) is 0 Å². The van der Waals surface area contributed by atoms with Crippen LogP contribution in [0.2, 0.25) is 19.6 Å². The van der Waals surface area contributed by atoms with Crippen LogP contribution < -0.4 is 0 Å². The monoisotopic (exact) mass is 318 g/mol. The molecule has 1 N–H and O–H groups in total. The molecule has 0 amide bonds. The van der Waals surface area contributed by atoms with E-state index in [9.17, 15) is 5.11 Å². The fraction of sp³-hybridized carbons (Fsp3) is 0.867. The van der Waals surface area contributed by atoms with Gasteiger partial charge in [0.15, 0.2) is 0 Å².